The minimum atomic E-state index is -1.29. The van der Waals surface area contributed by atoms with Gasteiger partial charge in [0.05, 0.1) is 29.3 Å². The van der Waals surface area contributed by atoms with Crippen molar-refractivity contribution in [3.63, 3.8) is 0 Å². The van der Waals surface area contributed by atoms with Crippen LogP contribution in [0.25, 0.3) is 0 Å². The van der Waals surface area contributed by atoms with E-state index in [2.05, 4.69) is 0 Å². The van der Waals surface area contributed by atoms with Gasteiger partial charge in [0.1, 0.15) is 6.04 Å². The summed E-state index contributed by atoms with van der Waals surface area (Å²) in [5, 5.41) is 11.1. The number of para-hydroxylation sites is 2. The number of carbonyl (C=O) groups is 3. The number of amides is 4. The van der Waals surface area contributed by atoms with Gasteiger partial charge < -0.3 is 14.9 Å². The van der Waals surface area contributed by atoms with Crippen molar-refractivity contribution in [3.05, 3.63) is 119 Å². The lowest BCUT2D eigenvalue weighted by atomic mass is 10.1. The molecule has 10 heteroatoms. The first-order chi connectivity index (χ1) is 19.8. The van der Waals surface area contributed by atoms with Gasteiger partial charge in [0, 0.05) is 23.1 Å². The molecule has 0 saturated carbocycles. The Hall–Kier alpha value is -4.53. The van der Waals surface area contributed by atoms with Gasteiger partial charge in [0.25, 0.3) is 0 Å². The molecule has 1 fully saturated rings. The molecule has 1 unspecified atom stereocenters. The SMILES string of the molecule is O=C(O)C1CN(C(=O)N(c2ccccc2)c2cccc(Cl)c2)CCN1C(=O)N(c1ccccc1)c1cccc(Cl)c1. The predicted octanol–water partition coefficient (Wildman–Crippen LogP) is 7.28. The Bertz CT molecular complexity index is 1550. The van der Waals surface area contributed by atoms with Crippen molar-refractivity contribution in [2.24, 2.45) is 0 Å². The Morgan fingerprint density at radius 2 is 1.10 bits per heavy atom. The maximum absolute atomic E-state index is 14.0. The molecule has 1 heterocycles. The van der Waals surface area contributed by atoms with Gasteiger partial charge in [0.15, 0.2) is 0 Å². The fourth-order valence-electron chi connectivity index (χ4n) is 4.79. The number of hydrogen-bond donors (Lipinski definition) is 1. The number of carbonyl (C=O) groups excluding carboxylic acids is 2. The highest BCUT2D eigenvalue weighted by atomic mass is 35.5. The predicted molar refractivity (Wildman–Crippen MR) is 161 cm³/mol. The maximum Gasteiger partial charge on any atom is 0.329 e. The van der Waals surface area contributed by atoms with Crippen molar-refractivity contribution < 1.29 is 19.5 Å². The number of nitrogens with zero attached hydrogens (tertiary/aromatic N) is 4. The molecule has 0 radical (unpaired) electrons. The molecule has 0 bridgehead atoms. The molecule has 4 aromatic rings. The van der Waals surface area contributed by atoms with Crippen LogP contribution in [0.1, 0.15) is 0 Å². The fraction of sp³-hybridized carbons (Fsp3) is 0.129. The first-order valence-corrected chi connectivity index (χ1v) is 13.6. The van der Waals surface area contributed by atoms with Gasteiger partial charge in [-0.2, -0.15) is 0 Å². The molecule has 0 aliphatic carbocycles. The molecule has 208 valence electrons. The van der Waals surface area contributed by atoms with Crippen LogP contribution in [0.3, 0.4) is 0 Å². The normalized spacial score (nSPS) is 14.8. The summed E-state index contributed by atoms with van der Waals surface area (Å²) in [7, 11) is 0. The Labute approximate surface area is 247 Å². The maximum atomic E-state index is 14.0. The summed E-state index contributed by atoms with van der Waals surface area (Å²) < 4.78 is 0. The van der Waals surface area contributed by atoms with Crippen LogP contribution >= 0.6 is 23.2 Å². The van der Waals surface area contributed by atoms with Gasteiger partial charge >= 0.3 is 18.0 Å². The second-order valence-corrected chi connectivity index (χ2v) is 10.2. The van der Waals surface area contributed by atoms with E-state index in [1.807, 2.05) is 24.3 Å². The third-order valence-corrected chi connectivity index (χ3v) is 7.20. The lowest BCUT2D eigenvalue weighted by Crippen LogP contribution is -2.62. The zero-order valence-electron chi connectivity index (χ0n) is 21.8. The first-order valence-electron chi connectivity index (χ1n) is 12.9. The van der Waals surface area contributed by atoms with Gasteiger partial charge in [-0.15, -0.1) is 0 Å². The molecule has 0 spiro atoms. The summed E-state index contributed by atoms with van der Waals surface area (Å²) in [4.78, 5) is 46.2. The third kappa shape index (κ3) is 6.14. The van der Waals surface area contributed by atoms with Crippen molar-refractivity contribution in [2.75, 3.05) is 29.4 Å². The van der Waals surface area contributed by atoms with Crippen molar-refractivity contribution >= 4 is 64.0 Å². The molecule has 1 aliphatic heterocycles. The third-order valence-electron chi connectivity index (χ3n) is 6.73. The molecule has 1 aliphatic rings. The summed E-state index contributed by atoms with van der Waals surface area (Å²) in [5.74, 6) is -1.22. The van der Waals surface area contributed by atoms with E-state index >= 15 is 0 Å². The van der Waals surface area contributed by atoms with Crippen LogP contribution in [0.2, 0.25) is 10.0 Å². The molecule has 8 nitrogen and oxygen atoms in total. The molecule has 5 rings (SSSR count). The van der Waals surface area contributed by atoms with E-state index in [9.17, 15) is 19.5 Å². The van der Waals surface area contributed by atoms with Gasteiger partial charge in [-0.25, -0.2) is 14.4 Å². The van der Waals surface area contributed by atoms with E-state index in [0.717, 1.165) is 0 Å². The molecule has 4 amide bonds. The van der Waals surface area contributed by atoms with Gasteiger partial charge in [-0.3, -0.25) is 9.80 Å². The lowest BCUT2D eigenvalue weighted by molar-refractivity contribution is -0.143. The molecular weight excluding hydrogens is 563 g/mol. The second kappa shape index (κ2) is 12.3. The van der Waals surface area contributed by atoms with E-state index in [1.54, 1.807) is 84.9 Å². The van der Waals surface area contributed by atoms with Crippen LogP contribution in [0.4, 0.5) is 32.3 Å². The number of rotatable bonds is 5. The average molecular weight is 589 g/mol. The molecule has 4 aromatic carbocycles. The number of halogens is 2. The standard InChI is InChI=1S/C31H26Cl2N4O4/c32-22-9-7-15-26(19-22)36(24-11-3-1-4-12-24)30(40)34-17-18-35(28(21-34)29(38)39)31(41)37(25-13-5-2-6-14-25)27-16-8-10-23(33)20-27/h1-16,19-20,28H,17-18,21H2,(H,38,39). The van der Waals surface area contributed by atoms with Crippen molar-refractivity contribution in [1.29, 1.82) is 0 Å². The highest BCUT2D eigenvalue weighted by Crippen LogP contribution is 2.32. The Morgan fingerprint density at radius 1 is 0.634 bits per heavy atom. The zero-order chi connectivity index (χ0) is 28.9. The summed E-state index contributed by atoms with van der Waals surface area (Å²) >= 11 is 12.5. The molecule has 1 N–H and O–H groups in total. The van der Waals surface area contributed by atoms with E-state index in [1.165, 1.54) is 19.6 Å². The molecule has 0 aromatic heterocycles. The highest BCUT2D eigenvalue weighted by molar-refractivity contribution is 6.31. The van der Waals surface area contributed by atoms with Crippen LogP contribution in [0, 0.1) is 0 Å². The summed E-state index contributed by atoms with van der Waals surface area (Å²) in [6.45, 7) is -0.0813. The van der Waals surface area contributed by atoms with Crippen LogP contribution in [0.5, 0.6) is 0 Å². The van der Waals surface area contributed by atoms with Crippen molar-refractivity contribution in [3.8, 4) is 0 Å². The number of benzene rings is 4. The monoisotopic (exact) mass is 588 g/mol. The first kappa shape index (κ1) is 28.0. The largest absolute Gasteiger partial charge is 0.480 e. The number of anilines is 4. The van der Waals surface area contributed by atoms with E-state index in [-0.39, 0.29) is 19.6 Å². The van der Waals surface area contributed by atoms with Crippen molar-refractivity contribution in [1.82, 2.24) is 9.80 Å². The topological polar surface area (TPSA) is 84.4 Å². The Kier molecular flexibility index (Phi) is 8.42. The van der Waals surface area contributed by atoms with Gasteiger partial charge in [0.2, 0.25) is 0 Å². The van der Waals surface area contributed by atoms with Crippen LogP contribution in [-0.4, -0.2) is 58.6 Å². The summed E-state index contributed by atoms with van der Waals surface area (Å²) in [6, 6.07) is 29.4. The Morgan fingerprint density at radius 3 is 1.56 bits per heavy atom. The summed E-state index contributed by atoms with van der Waals surface area (Å²) in [5.41, 5.74) is 2.18. The van der Waals surface area contributed by atoms with Crippen LogP contribution in [0.15, 0.2) is 109 Å². The lowest BCUT2D eigenvalue weighted by Gasteiger charge is -2.42. The highest BCUT2D eigenvalue weighted by Gasteiger charge is 2.41. The van der Waals surface area contributed by atoms with E-state index in [4.69, 9.17) is 23.2 Å². The Balaban J connectivity index is 1.45. The number of hydrogen-bond acceptors (Lipinski definition) is 3. The smallest absolute Gasteiger partial charge is 0.329 e. The van der Waals surface area contributed by atoms with E-state index < -0.39 is 24.1 Å². The minimum absolute atomic E-state index is 0.00359. The zero-order valence-corrected chi connectivity index (χ0v) is 23.3. The number of urea groups is 2. The van der Waals surface area contributed by atoms with Crippen molar-refractivity contribution in [2.45, 2.75) is 6.04 Å². The number of carboxylic acid groups (broad SMARTS) is 1. The molecule has 1 atom stereocenters. The number of piperazine rings is 1. The molecule has 1 saturated heterocycles. The minimum Gasteiger partial charge on any atom is -0.480 e. The summed E-state index contributed by atoms with van der Waals surface area (Å²) in [6.07, 6.45) is 0. The van der Waals surface area contributed by atoms with Crippen LogP contribution in [-0.2, 0) is 4.79 Å². The average Bonchev–Trinajstić information content (AvgIpc) is 2.98. The number of carboxylic acids is 1. The van der Waals surface area contributed by atoms with Crippen LogP contribution < -0.4 is 9.80 Å². The quantitative estimate of drug-likeness (QED) is 0.265. The molecule has 41 heavy (non-hydrogen) atoms. The van der Waals surface area contributed by atoms with E-state index in [0.29, 0.717) is 32.8 Å². The fourth-order valence-corrected chi connectivity index (χ4v) is 5.16. The number of aliphatic carboxylic acids is 1. The van der Waals surface area contributed by atoms with Gasteiger partial charge in [-0.05, 0) is 60.7 Å². The molecular formula is C31H26Cl2N4O4. The van der Waals surface area contributed by atoms with Gasteiger partial charge in [-0.1, -0.05) is 71.7 Å². The second-order valence-electron chi connectivity index (χ2n) is 9.36.